The number of fused-ring (bicyclic) bond motifs is 1. The fraction of sp³-hybridized carbons (Fsp3) is 0.100. The summed E-state index contributed by atoms with van der Waals surface area (Å²) in [6.45, 7) is 1.96. The Morgan fingerprint density at radius 3 is 2.43 bits per heavy atom. The Morgan fingerprint density at radius 1 is 1.07 bits per heavy atom. The fourth-order valence-corrected chi connectivity index (χ4v) is 2.96. The summed E-state index contributed by atoms with van der Waals surface area (Å²) < 4.78 is 2.77. The number of amides is 1. The molecule has 2 heterocycles. The summed E-state index contributed by atoms with van der Waals surface area (Å²) in [4.78, 5) is 29.9. The SMILES string of the molecule is Cc1ccc(NC(=O)c2nn(-c3ccc(Cl)cc3)c3c(=O)n(C)cnc23)cc1. The van der Waals surface area contributed by atoms with E-state index in [4.69, 9.17) is 11.6 Å². The van der Waals surface area contributed by atoms with Crippen molar-refractivity contribution in [3.63, 3.8) is 0 Å². The van der Waals surface area contributed by atoms with Crippen molar-refractivity contribution >= 4 is 34.2 Å². The number of halogens is 1. The second kappa shape index (κ2) is 6.94. The van der Waals surface area contributed by atoms with Crippen LogP contribution in [0.4, 0.5) is 5.69 Å². The van der Waals surface area contributed by atoms with Crippen LogP contribution in [0.15, 0.2) is 59.7 Å². The predicted octanol–water partition coefficient (Wildman–Crippen LogP) is 3.33. The number of nitrogens with zero attached hydrogens (tertiary/aromatic N) is 4. The van der Waals surface area contributed by atoms with E-state index in [1.165, 1.54) is 15.6 Å². The molecule has 0 aliphatic heterocycles. The Morgan fingerprint density at radius 2 is 1.75 bits per heavy atom. The van der Waals surface area contributed by atoms with Gasteiger partial charge in [-0.15, -0.1) is 0 Å². The zero-order valence-corrected chi connectivity index (χ0v) is 15.9. The summed E-state index contributed by atoms with van der Waals surface area (Å²) in [5, 5.41) is 7.75. The van der Waals surface area contributed by atoms with E-state index < -0.39 is 5.91 Å². The first kappa shape index (κ1) is 17.9. The molecule has 2 aromatic carbocycles. The van der Waals surface area contributed by atoms with Gasteiger partial charge in [0.1, 0.15) is 5.52 Å². The minimum absolute atomic E-state index is 0.0724. The molecule has 8 heteroatoms. The van der Waals surface area contributed by atoms with E-state index >= 15 is 0 Å². The smallest absolute Gasteiger partial charge is 0.279 e. The highest BCUT2D eigenvalue weighted by Gasteiger charge is 2.22. The standard InChI is InChI=1S/C20H16ClN5O2/c1-12-3-7-14(8-4-12)23-19(27)17-16-18(20(28)25(2)11-22-16)26(24-17)15-9-5-13(21)6-10-15/h3-11H,1-2H3,(H,23,27). The first-order valence-corrected chi connectivity index (χ1v) is 8.90. The molecule has 140 valence electrons. The molecule has 1 N–H and O–H groups in total. The number of benzene rings is 2. The van der Waals surface area contributed by atoms with Gasteiger partial charge in [-0.05, 0) is 43.3 Å². The maximum absolute atomic E-state index is 12.9. The number of nitrogens with one attached hydrogen (secondary N) is 1. The van der Waals surface area contributed by atoms with E-state index in [2.05, 4.69) is 15.4 Å². The molecule has 28 heavy (non-hydrogen) atoms. The van der Waals surface area contributed by atoms with Crippen LogP contribution >= 0.6 is 11.6 Å². The highest BCUT2D eigenvalue weighted by Crippen LogP contribution is 2.20. The van der Waals surface area contributed by atoms with Gasteiger partial charge in [0.2, 0.25) is 0 Å². The number of hydrogen-bond donors (Lipinski definition) is 1. The Bertz CT molecular complexity index is 1240. The van der Waals surface area contributed by atoms with E-state index in [9.17, 15) is 9.59 Å². The zero-order valence-electron chi connectivity index (χ0n) is 15.2. The Balaban J connectivity index is 1.86. The molecular weight excluding hydrogens is 378 g/mol. The molecule has 0 saturated carbocycles. The number of hydrogen-bond acceptors (Lipinski definition) is 4. The second-order valence-corrected chi connectivity index (χ2v) is 6.85. The van der Waals surface area contributed by atoms with Crippen LogP contribution in [0.1, 0.15) is 16.1 Å². The highest BCUT2D eigenvalue weighted by molar-refractivity contribution is 6.30. The quantitative estimate of drug-likeness (QED) is 0.578. The summed E-state index contributed by atoms with van der Waals surface area (Å²) in [6, 6.07) is 14.2. The van der Waals surface area contributed by atoms with Gasteiger partial charge >= 0.3 is 0 Å². The summed E-state index contributed by atoms with van der Waals surface area (Å²) >= 11 is 5.96. The monoisotopic (exact) mass is 393 g/mol. The molecule has 7 nitrogen and oxygen atoms in total. The van der Waals surface area contributed by atoms with Gasteiger partial charge in [0.05, 0.1) is 12.0 Å². The summed E-state index contributed by atoms with van der Waals surface area (Å²) in [5.74, 6) is -0.442. The van der Waals surface area contributed by atoms with Gasteiger partial charge < -0.3 is 9.88 Å². The predicted molar refractivity (Wildman–Crippen MR) is 108 cm³/mol. The highest BCUT2D eigenvalue weighted by atomic mass is 35.5. The van der Waals surface area contributed by atoms with Crippen molar-refractivity contribution in [3.05, 3.63) is 81.5 Å². The molecule has 0 fully saturated rings. The molecule has 0 spiro atoms. The first-order chi connectivity index (χ1) is 13.4. The minimum Gasteiger partial charge on any atom is -0.321 e. The van der Waals surface area contributed by atoms with Gasteiger partial charge in [-0.25, -0.2) is 9.67 Å². The minimum atomic E-state index is -0.442. The van der Waals surface area contributed by atoms with Crippen LogP contribution in [-0.2, 0) is 7.05 Å². The van der Waals surface area contributed by atoms with E-state index in [1.807, 2.05) is 19.1 Å². The van der Waals surface area contributed by atoms with Gasteiger partial charge in [-0.2, -0.15) is 5.10 Å². The molecule has 0 atom stereocenters. The Labute approximate surface area is 165 Å². The molecule has 4 rings (SSSR count). The van der Waals surface area contributed by atoms with Crippen molar-refractivity contribution in [2.24, 2.45) is 7.05 Å². The van der Waals surface area contributed by atoms with Gasteiger partial charge in [-0.1, -0.05) is 29.3 Å². The number of rotatable bonds is 3. The van der Waals surface area contributed by atoms with Crippen molar-refractivity contribution in [2.75, 3.05) is 5.32 Å². The maximum atomic E-state index is 12.9. The van der Waals surface area contributed by atoms with Crippen LogP contribution in [0.25, 0.3) is 16.7 Å². The summed E-state index contributed by atoms with van der Waals surface area (Å²) in [5.41, 5.74) is 2.55. The number of aromatic nitrogens is 4. The van der Waals surface area contributed by atoms with Crippen molar-refractivity contribution in [1.82, 2.24) is 19.3 Å². The van der Waals surface area contributed by atoms with Crippen LogP contribution in [-0.4, -0.2) is 25.2 Å². The molecule has 0 saturated heterocycles. The first-order valence-electron chi connectivity index (χ1n) is 8.52. The lowest BCUT2D eigenvalue weighted by atomic mass is 10.2. The summed E-state index contributed by atoms with van der Waals surface area (Å²) in [7, 11) is 1.60. The molecule has 0 aliphatic carbocycles. The number of carbonyl (C=O) groups is 1. The van der Waals surface area contributed by atoms with Crippen molar-refractivity contribution < 1.29 is 4.79 Å². The van der Waals surface area contributed by atoms with Crippen LogP contribution in [0.3, 0.4) is 0 Å². The van der Waals surface area contributed by atoms with E-state index in [-0.39, 0.29) is 22.3 Å². The third kappa shape index (κ3) is 3.16. The molecular formula is C20H16ClN5O2. The lowest BCUT2D eigenvalue weighted by Crippen LogP contribution is -2.19. The van der Waals surface area contributed by atoms with Crippen LogP contribution in [0, 0.1) is 6.92 Å². The number of aryl methyl sites for hydroxylation is 2. The van der Waals surface area contributed by atoms with Crippen molar-refractivity contribution in [2.45, 2.75) is 6.92 Å². The van der Waals surface area contributed by atoms with Crippen LogP contribution < -0.4 is 10.9 Å². The third-order valence-corrected chi connectivity index (χ3v) is 4.59. The second-order valence-electron chi connectivity index (χ2n) is 6.41. The molecule has 0 bridgehead atoms. The molecule has 0 aliphatic rings. The van der Waals surface area contributed by atoms with Crippen molar-refractivity contribution in [1.29, 1.82) is 0 Å². The Kier molecular flexibility index (Phi) is 4.44. The normalized spacial score (nSPS) is 11.0. The van der Waals surface area contributed by atoms with Gasteiger partial charge in [0.15, 0.2) is 11.2 Å². The lowest BCUT2D eigenvalue weighted by Gasteiger charge is -2.04. The van der Waals surface area contributed by atoms with E-state index in [1.54, 1.807) is 43.4 Å². The fourth-order valence-electron chi connectivity index (χ4n) is 2.84. The molecule has 2 aromatic heterocycles. The maximum Gasteiger partial charge on any atom is 0.279 e. The summed E-state index contributed by atoms with van der Waals surface area (Å²) in [6.07, 6.45) is 1.38. The van der Waals surface area contributed by atoms with Crippen molar-refractivity contribution in [3.8, 4) is 5.69 Å². The number of anilines is 1. The van der Waals surface area contributed by atoms with Gasteiger partial charge in [0.25, 0.3) is 11.5 Å². The van der Waals surface area contributed by atoms with E-state index in [0.717, 1.165) is 5.56 Å². The van der Waals surface area contributed by atoms with Gasteiger partial charge in [-0.3, -0.25) is 9.59 Å². The van der Waals surface area contributed by atoms with Gasteiger partial charge in [0, 0.05) is 17.8 Å². The molecule has 0 radical (unpaired) electrons. The average molecular weight is 394 g/mol. The molecule has 1 amide bonds. The Hall–Kier alpha value is -3.45. The number of carbonyl (C=O) groups excluding carboxylic acids is 1. The third-order valence-electron chi connectivity index (χ3n) is 4.34. The average Bonchev–Trinajstić information content (AvgIpc) is 3.07. The molecule has 4 aromatic rings. The van der Waals surface area contributed by atoms with Crippen LogP contribution in [0.5, 0.6) is 0 Å². The van der Waals surface area contributed by atoms with Crippen LogP contribution in [0.2, 0.25) is 5.02 Å². The van der Waals surface area contributed by atoms with E-state index in [0.29, 0.717) is 16.4 Å². The molecule has 0 unspecified atom stereocenters. The topological polar surface area (TPSA) is 81.8 Å². The lowest BCUT2D eigenvalue weighted by molar-refractivity contribution is 0.102. The zero-order chi connectivity index (χ0) is 19.8. The largest absolute Gasteiger partial charge is 0.321 e.